The Morgan fingerprint density at radius 2 is 1.84 bits per heavy atom. The lowest BCUT2D eigenvalue weighted by Crippen LogP contribution is -2.60. The fraction of sp³-hybridized carbons (Fsp3) is 0.759. The smallest absolute Gasteiger partial charge is 0.335 e. The van der Waals surface area contributed by atoms with Crippen molar-refractivity contribution in [2.24, 2.45) is 28.4 Å². The van der Waals surface area contributed by atoms with Crippen molar-refractivity contribution in [1.82, 2.24) is 0 Å². The van der Waals surface area contributed by atoms with Gasteiger partial charge in [0.1, 0.15) is 12.2 Å². The van der Waals surface area contributed by atoms with Crippen LogP contribution in [0.3, 0.4) is 0 Å². The standard InChI is InChI=1S/C29H41NO7/c1-27-10-7-18(37-26-25(33)24(32)22(30)15-36-26)13-17(27)4-5-21-20(27)8-11-28(2)19(9-12-29(21,28)34)16-3-6-23(31)35-14-16/h3,6,13-14,18-22,24-26,32-34H,4-5,7-12,15,30H2,1-2H3/t18-,19+,20?,21?,22-,24?,25-,26?,27-,28?,29-/m0/s1. The largest absolute Gasteiger partial charge is 0.431 e. The van der Waals surface area contributed by atoms with E-state index in [0.29, 0.717) is 5.92 Å². The first-order chi connectivity index (χ1) is 17.6. The fourth-order valence-electron chi connectivity index (χ4n) is 8.98. The Kier molecular flexibility index (Phi) is 6.25. The van der Waals surface area contributed by atoms with Crippen LogP contribution >= 0.6 is 0 Å². The van der Waals surface area contributed by atoms with E-state index in [1.54, 1.807) is 6.26 Å². The lowest BCUT2D eigenvalue weighted by Gasteiger charge is -2.62. The summed E-state index contributed by atoms with van der Waals surface area (Å²) in [4.78, 5) is 11.5. The van der Waals surface area contributed by atoms with Crippen LogP contribution < -0.4 is 11.4 Å². The Morgan fingerprint density at radius 1 is 1.03 bits per heavy atom. The number of allylic oxidation sites excluding steroid dienone is 1. The first kappa shape index (κ1) is 25.7. The van der Waals surface area contributed by atoms with Crippen LogP contribution in [0.4, 0.5) is 0 Å². The second-order valence-electron chi connectivity index (χ2n) is 12.8. The summed E-state index contributed by atoms with van der Waals surface area (Å²) in [7, 11) is 0. The molecule has 0 bridgehead atoms. The summed E-state index contributed by atoms with van der Waals surface area (Å²) in [6.45, 7) is 4.77. The van der Waals surface area contributed by atoms with Crippen molar-refractivity contribution in [2.75, 3.05) is 6.61 Å². The molecule has 5 N–H and O–H groups in total. The Hall–Kier alpha value is -1.55. The molecular weight excluding hydrogens is 474 g/mol. The summed E-state index contributed by atoms with van der Waals surface area (Å²) in [5.41, 5.74) is 6.88. The van der Waals surface area contributed by atoms with Crippen LogP contribution in [0.2, 0.25) is 0 Å². The van der Waals surface area contributed by atoms with Crippen LogP contribution in [0, 0.1) is 22.7 Å². The zero-order chi connectivity index (χ0) is 26.2. The molecule has 0 spiro atoms. The van der Waals surface area contributed by atoms with Crippen LogP contribution in [0.5, 0.6) is 0 Å². The molecule has 204 valence electrons. The molecule has 6 rings (SSSR count). The van der Waals surface area contributed by atoms with E-state index in [-0.39, 0.29) is 41.0 Å². The normalized spacial score (nSPS) is 49.5. The Bertz CT molecular complexity index is 1100. The van der Waals surface area contributed by atoms with Crippen molar-refractivity contribution in [1.29, 1.82) is 0 Å². The third-order valence-electron chi connectivity index (χ3n) is 11.2. The molecule has 5 unspecified atom stereocenters. The molecule has 1 aromatic heterocycles. The molecule has 37 heavy (non-hydrogen) atoms. The number of hydrogen-bond acceptors (Lipinski definition) is 8. The maximum Gasteiger partial charge on any atom is 0.335 e. The van der Waals surface area contributed by atoms with Gasteiger partial charge < -0.3 is 34.9 Å². The fourth-order valence-corrected chi connectivity index (χ4v) is 8.98. The number of rotatable bonds is 3. The number of aliphatic hydroxyl groups is 3. The highest BCUT2D eigenvalue weighted by atomic mass is 16.7. The summed E-state index contributed by atoms with van der Waals surface area (Å²) < 4.78 is 16.9. The van der Waals surface area contributed by atoms with Gasteiger partial charge in [-0.15, -0.1) is 0 Å². The van der Waals surface area contributed by atoms with Gasteiger partial charge in [0.25, 0.3) is 0 Å². The zero-order valence-corrected chi connectivity index (χ0v) is 21.8. The molecule has 2 heterocycles. The van der Waals surface area contributed by atoms with Crippen LogP contribution in [-0.2, 0) is 9.47 Å². The zero-order valence-electron chi connectivity index (χ0n) is 21.8. The van der Waals surface area contributed by atoms with Gasteiger partial charge in [-0.05, 0) is 86.2 Å². The molecule has 0 amide bonds. The summed E-state index contributed by atoms with van der Waals surface area (Å²) in [5.74, 6) is 0.809. The summed E-state index contributed by atoms with van der Waals surface area (Å²) in [6.07, 6.45) is 7.83. The number of fused-ring (bicyclic) bond motifs is 5. The maximum atomic E-state index is 12.4. The molecule has 3 saturated carbocycles. The van der Waals surface area contributed by atoms with Gasteiger partial charge in [0, 0.05) is 11.5 Å². The average Bonchev–Trinajstić information content (AvgIpc) is 3.16. The van der Waals surface area contributed by atoms with Crippen molar-refractivity contribution in [3.8, 4) is 0 Å². The van der Waals surface area contributed by atoms with Gasteiger partial charge in [0.05, 0.1) is 30.6 Å². The Labute approximate surface area is 217 Å². The SMILES string of the molecule is CC12CCC3C(CCC4=C[C@@H](OC5OC[C@H](N)C(O)[C@@H]5O)CC[C@@]43C)[C@@]1(O)CC[C@@H]2c1ccc(=O)oc1. The second-order valence-corrected chi connectivity index (χ2v) is 12.8. The lowest BCUT2D eigenvalue weighted by molar-refractivity contribution is -0.259. The molecule has 0 aromatic carbocycles. The molecule has 8 heteroatoms. The highest BCUT2D eigenvalue weighted by molar-refractivity contribution is 5.31. The average molecular weight is 516 g/mol. The molecular formula is C29H41NO7. The highest BCUT2D eigenvalue weighted by Gasteiger charge is 2.66. The number of nitrogens with two attached hydrogens (primary N) is 1. The van der Waals surface area contributed by atoms with Crippen molar-refractivity contribution in [3.63, 3.8) is 0 Å². The topological polar surface area (TPSA) is 135 Å². The van der Waals surface area contributed by atoms with Crippen LogP contribution in [0.25, 0.3) is 0 Å². The Morgan fingerprint density at radius 3 is 2.59 bits per heavy atom. The molecule has 1 saturated heterocycles. The predicted molar refractivity (Wildman–Crippen MR) is 135 cm³/mol. The van der Waals surface area contributed by atoms with E-state index >= 15 is 0 Å². The van der Waals surface area contributed by atoms with Crippen molar-refractivity contribution >= 4 is 0 Å². The van der Waals surface area contributed by atoms with E-state index in [1.807, 2.05) is 6.07 Å². The molecule has 5 aliphatic rings. The lowest BCUT2D eigenvalue weighted by atomic mass is 9.45. The molecule has 0 radical (unpaired) electrons. The van der Waals surface area contributed by atoms with Crippen molar-refractivity contribution < 1.29 is 29.2 Å². The van der Waals surface area contributed by atoms with E-state index < -0.39 is 30.1 Å². The quantitative estimate of drug-likeness (QED) is 0.451. The maximum absolute atomic E-state index is 12.4. The van der Waals surface area contributed by atoms with Gasteiger partial charge in [-0.3, -0.25) is 0 Å². The van der Waals surface area contributed by atoms with E-state index in [1.165, 1.54) is 11.6 Å². The minimum absolute atomic E-state index is 0.00533. The van der Waals surface area contributed by atoms with E-state index in [4.69, 9.17) is 19.6 Å². The van der Waals surface area contributed by atoms with Crippen LogP contribution in [0.15, 0.2) is 39.3 Å². The molecule has 4 aliphatic carbocycles. The highest BCUT2D eigenvalue weighted by Crippen LogP contribution is 2.70. The van der Waals surface area contributed by atoms with Gasteiger partial charge in [-0.2, -0.15) is 0 Å². The predicted octanol–water partition coefficient (Wildman–Crippen LogP) is 2.59. The van der Waals surface area contributed by atoms with Crippen LogP contribution in [-0.4, -0.2) is 58.2 Å². The van der Waals surface area contributed by atoms with Crippen molar-refractivity contribution in [2.45, 2.75) is 107 Å². The number of ether oxygens (including phenoxy) is 2. The number of aliphatic hydroxyl groups excluding tert-OH is 2. The molecule has 8 nitrogen and oxygen atoms in total. The summed E-state index contributed by atoms with van der Waals surface area (Å²) >= 11 is 0. The minimum atomic E-state index is -1.16. The molecule has 11 atom stereocenters. The first-order valence-corrected chi connectivity index (χ1v) is 14.0. The number of hydrogen-bond donors (Lipinski definition) is 4. The monoisotopic (exact) mass is 515 g/mol. The summed E-state index contributed by atoms with van der Waals surface area (Å²) in [6, 6.07) is 2.76. The van der Waals surface area contributed by atoms with Gasteiger partial charge in [0.2, 0.25) is 0 Å². The van der Waals surface area contributed by atoms with E-state index in [0.717, 1.165) is 56.9 Å². The van der Waals surface area contributed by atoms with Crippen LogP contribution in [0.1, 0.15) is 76.7 Å². The third kappa shape index (κ3) is 3.82. The van der Waals surface area contributed by atoms with Gasteiger partial charge in [-0.1, -0.05) is 25.5 Å². The van der Waals surface area contributed by atoms with Gasteiger partial charge in [0.15, 0.2) is 6.29 Å². The molecule has 1 aromatic rings. The van der Waals surface area contributed by atoms with Gasteiger partial charge in [-0.25, -0.2) is 4.79 Å². The summed E-state index contributed by atoms with van der Waals surface area (Å²) in [5, 5.41) is 32.9. The third-order valence-corrected chi connectivity index (χ3v) is 11.2. The van der Waals surface area contributed by atoms with Crippen molar-refractivity contribution in [3.05, 3.63) is 46.0 Å². The molecule has 1 aliphatic heterocycles. The minimum Gasteiger partial charge on any atom is -0.431 e. The Balaban J connectivity index is 1.21. The first-order valence-electron chi connectivity index (χ1n) is 14.0. The van der Waals surface area contributed by atoms with E-state index in [2.05, 4.69) is 19.9 Å². The second kappa shape index (κ2) is 9.00. The molecule has 4 fully saturated rings. The van der Waals surface area contributed by atoms with E-state index in [9.17, 15) is 20.1 Å². The van der Waals surface area contributed by atoms with Gasteiger partial charge >= 0.3 is 5.63 Å².